The molecule has 1 saturated heterocycles. The van der Waals surface area contributed by atoms with Crippen LogP contribution < -0.4 is 11.1 Å². The number of nitrogens with zero attached hydrogens (tertiary/aromatic N) is 2. The van der Waals surface area contributed by atoms with Crippen LogP contribution in [0.4, 0.5) is 18.0 Å². The molecule has 0 saturated carbocycles. The number of alkyl halides is 3. The summed E-state index contributed by atoms with van der Waals surface area (Å²) in [5, 5.41) is 2.48. The molecule has 0 unspecified atom stereocenters. The SMILES string of the molecule is NC(=O)NCCCCC(=O)N1CCN(Cc2cccc(C(F)(F)F)c2)CC1. The van der Waals surface area contributed by atoms with E-state index < -0.39 is 17.8 Å². The molecule has 2 rings (SSSR count). The van der Waals surface area contributed by atoms with E-state index in [2.05, 4.69) is 10.2 Å². The Balaban J connectivity index is 1.72. The van der Waals surface area contributed by atoms with E-state index >= 15 is 0 Å². The Morgan fingerprint density at radius 2 is 1.81 bits per heavy atom. The summed E-state index contributed by atoms with van der Waals surface area (Å²) in [6, 6.07) is 4.78. The Morgan fingerprint density at radius 3 is 2.44 bits per heavy atom. The van der Waals surface area contributed by atoms with Crippen molar-refractivity contribution >= 4 is 11.9 Å². The Hall–Kier alpha value is -2.29. The van der Waals surface area contributed by atoms with Crippen LogP contribution >= 0.6 is 0 Å². The Bertz CT molecular complexity index is 644. The van der Waals surface area contributed by atoms with Gasteiger partial charge in [0.05, 0.1) is 5.56 Å². The molecule has 0 aliphatic carbocycles. The molecule has 9 heteroatoms. The zero-order valence-corrected chi connectivity index (χ0v) is 15.1. The molecule has 0 spiro atoms. The zero-order valence-electron chi connectivity index (χ0n) is 15.1. The molecular formula is C18H25F3N4O2. The lowest BCUT2D eigenvalue weighted by Crippen LogP contribution is -2.48. The third-order valence-electron chi connectivity index (χ3n) is 4.50. The van der Waals surface area contributed by atoms with Crippen molar-refractivity contribution in [1.29, 1.82) is 0 Å². The van der Waals surface area contributed by atoms with Crippen LogP contribution in [0.25, 0.3) is 0 Å². The van der Waals surface area contributed by atoms with Gasteiger partial charge in [-0.3, -0.25) is 9.69 Å². The van der Waals surface area contributed by atoms with Gasteiger partial charge in [-0.25, -0.2) is 4.79 Å². The standard InChI is InChI=1S/C18H25F3N4O2/c19-18(20,21)15-5-3-4-14(12-15)13-24-8-10-25(11-9-24)16(26)6-1-2-7-23-17(22)27/h3-5,12H,1-2,6-11,13H2,(H3,22,23,27). The molecule has 150 valence electrons. The molecule has 0 radical (unpaired) electrons. The van der Waals surface area contributed by atoms with Crippen LogP contribution in [0.3, 0.4) is 0 Å². The molecule has 0 bridgehead atoms. The van der Waals surface area contributed by atoms with E-state index in [4.69, 9.17) is 5.73 Å². The van der Waals surface area contributed by atoms with E-state index in [0.717, 1.165) is 6.07 Å². The molecular weight excluding hydrogens is 361 g/mol. The average molecular weight is 386 g/mol. The average Bonchev–Trinajstić information content (AvgIpc) is 2.61. The fraction of sp³-hybridized carbons (Fsp3) is 0.556. The highest BCUT2D eigenvalue weighted by molar-refractivity contribution is 5.76. The lowest BCUT2D eigenvalue weighted by Gasteiger charge is -2.35. The number of carbonyl (C=O) groups is 2. The monoisotopic (exact) mass is 386 g/mol. The number of benzene rings is 1. The highest BCUT2D eigenvalue weighted by atomic mass is 19.4. The van der Waals surface area contributed by atoms with E-state index in [1.165, 1.54) is 12.1 Å². The van der Waals surface area contributed by atoms with Gasteiger partial charge in [0, 0.05) is 45.7 Å². The van der Waals surface area contributed by atoms with Crippen molar-refractivity contribution in [2.45, 2.75) is 32.0 Å². The van der Waals surface area contributed by atoms with Gasteiger partial charge in [-0.1, -0.05) is 18.2 Å². The molecule has 0 atom stereocenters. The number of rotatable bonds is 7. The van der Waals surface area contributed by atoms with Crippen molar-refractivity contribution < 1.29 is 22.8 Å². The third kappa shape index (κ3) is 7.09. The van der Waals surface area contributed by atoms with Gasteiger partial charge in [0.25, 0.3) is 0 Å². The summed E-state index contributed by atoms with van der Waals surface area (Å²) in [4.78, 5) is 26.6. The minimum atomic E-state index is -4.34. The van der Waals surface area contributed by atoms with Gasteiger partial charge in [-0.15, -0.1) is 0 Å². The van der Waals surface area contributed by atoms with Crippen molar-refractivity contribution in [2.24, 2.45) is 5.73 Å². The number of primary amides is 1. The second kappa shape index (κ2) is 9.59. The molecule has 0 aromatic heterocycles. The van der Waals surface area contributed by atoms with E-state index in [0.29, 0.717) is 64.1 Å². The van der Waals surface area contributed by atoms with Gasteiger partial charge in [-0.2, -0.15) is 13.2 Å². The number of nitrogens with one attached hydrogen (secondary N) is 1. The van der Waals surface area contributed by atoms with E-state index in [9.17, 15) is 22.8 Å². The van der Waals surface area contributed by atoms with Crippen LogP contribution in [0.2, 0.25) is 0 Å². The van der Waals surface area contributed by atoms with Crippen LogP contribution in [0.15, 0.2) is 24.3 Å². The van der Waals surface area contributed by atoms with Gasteiger partial charge in [0.2, 0.25) is 5.91 Å². The molecule has 27 heavy (non-hydrogen) atoms. The summed E-state index contributed by atoms with van der Waals surface area (Å²) in [5.74, 6) is 0.0628. The minimum absolute atomic E-state index is 0.0628. The summed E-state index contributed by atoms with van der Waals surface area (Å²) >= 11 is 0. The molecule has 1 aromatic carbocycles. The largest absolute Gasteiger partial charge is 0.416 e. The van der Waals surface area contributed by atoms with E-state index in [-0.39, 0.29) is 5.91 Å². The molecule has 1 fully saturated rings. The van der Waals surface area contributed by atoms with Crippen LogP contribution in [0.1, 0.15) is 30.4 Å². The maximum Gasteiger partial charge on any atom is 0.416 e. The van der Waals surface area contributed by atoms with Crippen molar-refractivity contribution in [1.82, 2.24) is 15.1 Å². The number of carbonyl (C=O) groups excluding carboxylic acids is 2. The highest BCUT2D eigenvalue weighted by Gasteiger charge is 2.30. The van der Waals surface area contributed by atoms with Crippen LogP contribution in [-0.4, -0.2) is 54.5 Å². The van der Waals surface area contributed by atoms with Gasteiger partial charge in [0.15, 0.2) is 0 Å². The lowest BCUT2D eigenvalue weighted by molar-refractivity contribution is -0.137. The summed E-state index contributed by atoms with van der Waals surface area (Å²) in [7, 11) is 0. The van der Waals surface area contributed by atoms with Crippen LogP contribution in [-0.2, 0) is 17.5 Å². The van der Waals surface area contributed by atoms with E-state index in [1.807, 2.05) is 0 Å². The first-order valence-electron chi connectivity index (χ1n) is 8.95. The summed E-state index contributed by atoms with van der Waals surface area (Å²) in [5.41, 5.74) is 4.94. The lowest BCUT2D eigenvalue weighted by atomic mass is 10.1. The Labute approximate surface area is 156 Å². The molecule has 1 aliphatic heterocycles. The summed E-state index contributed by atoms with van der Waals surface area (Å²) < 4.78 is 38.4. The highest BCUT2D eigenvalue weighted by Crippen LogP contribution is 2.29. The quantitative estimate of drug-likeness (QED) is 0.705. The fourth-order valence-corrected chi connectivity index (χ4v) is 3.03. The smallest absolute Gasteiger partial charge is 0.352 e. The number of unbranched alkanes of at least 4 members (excludes halogenated alkanes) is 1. The maximum absolute atomic E-state index is 12.8. The van der Waals surface area contributed by atoms with Gasteiger partial charge in [0.1, 0.15) is 0 Å². The van der Waals surface area contributed by atoms with Crippen molar-refractivity contribution in [3.63, 3.8) is 0 Å². The summed E-state index contributed by atoms with van der Waals surface area (Å²) in [6.45, 7) is 3.28. The number of nitrogens with two attached hydrogens (primary N) is 1. The number of hydrogen-bond donors (Lipinski definition) is 2. The molecule has 1 aliphatic rings. The normalized spacial score (nSPS) is 15.6. The van der Waals surface area contributed by atoms with Gasteiger partial charge >= 0.3 is 12.2 Å². The first-order chi connectivity index (χ1) is 12.8. The second-order valence-electron chi connectivity index (χ2n) is 6.60. The predicted octanol–water partition coefficient (Wildman–Crippen LogP) is 2.19. The molecule has 1 aromatic rings. The molecule has 1 heterocycles. The number of hydrogen-bond acceptors (Lipinski definition) is 3. The third-order valence-corrected chi connectivity index (χ3v) is 4.50. The van der Waals surface area contributed by atoms with Crippen molar-refractivity contribution in [2.75, 3.05) is 32.7 Å². The fourth-order valence-electron chi connectivity index (χ4n) is 3.03. The first kappa shape index (κ1) is 21.0. The summed E-state index contributed by atoms with van der Waals surface area (Å²) in [6.07, 6.45) is -2.57. The molecule has 6 nitrogen and oxygen atoms in total. The number of piperazine rings is 1. The molecule has 3 N–H and O–H groups in total. The van der Waals surface area contributed by atoms with Crippen LogP contribution in [0.5, 0.6) is 0 Å². The number of amides is 3. The number of urea groups is 1. The second-order valence-corrected chi connectivity index (χ2v) is 6.60. The Kier molecular flexibility index (Phi) is 7.46. The molecule has 3 amide bonds. The number of halogens is 3. The van der Waals surface area contributed by atoms with Crippen molar-refractivity contribution in [3.05, 3.63) is 35.4 Å². The van der Waals surface area contributed by atoms with Crippen molar-refractivity contribution in [3.8, 4) is 0 Å². The maximum atomic E-state index is 12.8. The van der Waals surface area contributed by atoms with Gasteiger partial charge < -0.3 is 16.0 Å². The zero-order chi connectivity index (χ0) is 19.9. The van der Waals surface area contributed by atoms with Crippen LogP contribution in [0, 0.1) is 0 Å². The topological polar surface area (TPSA) is 78.7 Å². The first-order valence-corrected chi connectivity index (χ1v) is 8.95. The predicted molar refractivity (Wildman–Crippen MR) is 94.7 cm³/mol. The minimum Gasteiger partial charge on any atom is -0.352 e. The van der Waals surface area contributed by atoms with E-state index in [1.54, 1.807) is 11.0 Å². The Morgan fingerprint density at radius 1 is 1.11 bits per heavy atom. The van der Waals surface area contributed by atoms with Gasteiger partial charge in [-0.05, 0) is 24.5 Å².